The number of hydrogen-bond acceptors (Lipinski definition) is 5. The van der Waals surface area contributed by atoms with E-state index in [2.05, 4.69) is 5.32 Å². The van der Waals surface area contributed by atoms with Gasteiger partial charge in [0.15, 0.2) is 12.4 Å². The molecule has 2 rings (SSSR count). The molecular weight excluding hydrogens is 312 g/mol. The van der Waals surface area contributed by atoms with E-state index >= 15 is 0 Å². The number of amides is 3. The number of rotatable bonds is 4. The number of esters is 1. The van der Waals surface area contributed by atoms with E-state index in [0.717, 1.165) is 24.2 Å². The third kappa shape index (κ3) is 3.44. The number of carbonyl (C=O) groups is 4. The van der Waals surface area contributed by atoms with Crippen LogP contribution in [-0.4, -0.2) is 47.3 Å². The Labute approximate surface area is 142 Å². The molecule has 0 aromatic heterocycles. The highest BCUT2D eigenvalue weighted by Gasteiger charge is 2.55. The summed E-state index contributed by atoms with van der Waals surface area (Å²) in [5.74, 6) is -1.30. The van der Waals surface area contributed by atoms with Gasteiger partial charge in [0.2, 0.25) is 0 Å². The Kier molecular flexibility index (Phi) is 5.01. The molecule has 7 heteroatoms. The number of carbonyl (C=O) groups excluding carboxylic acids is 4. The molecule has 7 nitrogen and oxygen atoms in total. The lowest BCUT2D eigenvalue weighted by Crippen LogP contribution is -2.54. The smallest absolute Gasteiger partial charge is 0.326 e. The van der Waals surface area contributed by atoms with Crippen LogP contribution in [0.1, 0.15) is 53.4 Å². The molecular formula is C17H26N2O5. The highest BCUT2D eigenvalue weighted by Crippen LogP contribution is 2.38. The molecule has 0 unspecified atom stereocenters. The first-order chi connectivity index (χ1) is 11.1. The highest BCUT2D eigenvalue weighted by molar-refractivity contribution is 6.09. The number of ketones is 1. The summed E-state index contributed by atoms with van der Waals surface area (Å²) in [6.07, 6.45) is 3.36. The molecule has 0 bridgehead atoms. The van der Waals surface area contributed by atoms with Gasteiger partial charge in [-0.1, -0.05) is 40.5 Å². The monoisotopic (exact) mass is 338 g/mol. The van der Waals surface area contributed by atoms with Gasteiger partial charge in [0.25, 0.3) is 5.91 Å². The second-order valence-corrected chi connectivity index (χ2v) is 7.77. The van der Waals surface area contributed by atoms with Crippen molar-refractivity contribution in [3.63, 3.8) is 0 Å². The molecule has 3 amide bonds. The molecule has 2 fully saturated rings. The predicted molar refractivity (Wildman–Crippen MR) is 86.0 cm³/mol. The van der Waals surface area contributed by atoms with Crippen LogP contribution in [0.2, 0.25) is 0 Å². The lowest BCUT2D eigenvalue weighted by molar-refractivity contribution is -0.152. The standard InChI is InChI=1S/C17H26N2O5/c1-11-7-5-6-8-17(11)14(22)19(15(23)18-17)9-13(21)24-10-12(20)16(2,3)4/h11H,5-10H2,1-4H3,(H,18,23)/t11-,17+/m0/s1. The summed E-state index contributed by atoms with van der Waals surface area (Å²) in [7, 11) is 0. The number of ether oxygens (including phenoxy) is 1. The van der Waals surface area contributed by atoms with Crippen molar-refractivity contribution in [2.75, 3.05) is 13.2 Å². The molecule has 0 aromatic carbocycles. The van der Waals surface area contributed by atoms with Crippen LogP contribution < -0.4 is 5.32 Å². The summed E-state index contributed by atoms with van der Waals surface area (Å²) in [5, 5.41) is 2.78. The van der Waals surface area contributed by atoms with Crippen molar-refractivity contribution in [2.24, 2.45) is 11.3 Å². The Morgan fingerprint density at radius 2 is 1.96 bits per heavy atom. The van der Waals surface area contributed by atoms with E-state index in [4.69, 9.17) is 4.74 Å². The molecule has 2 aliphatic rings. The Hall–Kier alpha value is -1.92. The van der Waals surface area contributed by atoms with Crippen molar-refractivity contribution in [2.45, 2.75) is 58.9 Å². The van der Waals surface area contributed by atoms with Crippen molar-refractivity contribution >= 4 is 23.7 Å². The van der Waals surface area contributed by atoms with E-state index in [1.807, 2.05) is 6.92 Å². The van der Waals surface area contributed by atoms with Crippen LogP contribution in [0.25, 0.3) is 0 Å². The Morgan fingerprint density at radius 3 is 2.54 bits per heavy atom. The van der Waals surface area contributed by atoms with Gasteiger partial charge in [-0.3, -0.25) is 19.3 Å². The van der Waals surface area contributed by atoms with Gasteiger partial charge in [-0.2, -0.15) is 0 Å². The van der Waals surface area contributed by atoms with Gasteiger partial charge >= 0.3 is 12.0 Å². The Morgan fingerprint density at radius 1 is 1.29 bits per heavy atom. The minimum atomic E-state index is -0.892. The van der Waals surface area contributed by atoms with Gasteiger partial charge in [0.05, 0.1) is 0 Å². The molecule has 1 aliphatic carbocycles. The van der Waals surface area contributed by atoms with Gasteiger partial charge in [0.1, 0.15) is 12.1 Å². The SMILES string of the molecule is C[C@H]1CCCC[C@@]12NC(=O)N(CC(=O)OCC(=O)C(C)(C)C)C2=O. The molecule has 1 saturated heterocycles. The topological polar surface area (TPSA) is 92.8 Å². The molecule has 0 aromatic rings. The quantitative estimate of drug-likeness (QED) is 0.621. The van der Waals surface area contributed by atoms with E-state index in [-0.39, 0.29) is 24.2 Å². The average Bonchev–Trinajstić information content (AvgIpc) is 2.72. The summed E-state index contributed by atoms with van der Waals surface area (Å²) in [6.45, 7) is 6.32. The number of hydrogen-bond donors (Lipinski definition) is 1. The Bertz CT molecular complexity index is 566. The van der Waals surface area contributed by atoms with Gasteiger partial charge in [0, 0.05) is 5.41 Å². The minimum Gasteiger partial charge on any atom is -0.456 e. The number of imide groups is 1. The zero-order valence-corrected chi connectivity index (χ0v) is 14.8. The third-order valence-corrected chi connectivity index (χ3v) is 4.99. The fraction of sp³-hybridized carbons (Fsp3) is 0.765. The van der Waals surface area contributed by atoms with Gasteiger partial charge in [-0.05, 0) is 18.8 Å². The first-order valence-corrected chi connectivity index (χ1v) is 8.41. The summed E-state index contributed by atoms with van der Waals surface area (Å²) < 4.78 is 4.93. The van der Waals surface area contributed by atoms with E-state index in [0.29, 0.717) is 6.42 Å². The van der Waals surface area contributed by atoms with Crippen LogP contribution in [0.15, 0.2) is 0 Å². The fourth-order valence-electron chi connectivity index (χ4n) is 3.18. The lowest BCUT2D eigenvalue weighted by Gasteiger charge is -2.36. The molecule has 1 aliphatic heterocycles. The van der Waals surface area contributed by atoms with E-state index < -0.39 is 29.5 Å². The van der Waals surface area contributed by atoms with E-state index in [9.17, 15) is 19.2 Å². The third-order valence-electron chi connectivity index (χ3n) is 4.99. The number of nitrogens with one attached hydrogen (secondary N) is 1. The largest absolute Gasteiger partial charge is 0.456 e. The zero-order chi connectivity index (χ0) is 18.1. The normalized spacial score (nSPS) is 27.3. The van der Waals surface area contributed by atoms with Crippen LogP contribution in [0.5, 0.6) is 0 Å². The second-order valence-electron chi connectivity index (χ2n) is 7.77. The molecule has 0 radical (unpaired) electrons. The second kappa shape index (κ2) is 6.53. The van der Waals surface area contributed by atoms with Crippen LogP contribution >= 0.6 is 0 Å². The molecule has 1 heterocycles. The summed E-state index contributed by atoms with van der Waals surface area (Å²) in [4.78, 5) is 49.5. The van der Waals surface area contributed by atoms with Crippen molar-refractivity contribution in [3.05, 3.63) is 0 Å². The number of urea groups is 1. The Balaban J connectivity index is 1.97. The van der Waals surface area contributed by atoms with Gasteiger partial charge < -0.3 is 10.1 Å². The summed E-state index contributed by atoms with van der Waals surface area (Å²) in [5.41, 5.74) is -1.50. The zero-order valence-electron chi connectivity index (χ0n) is 14.8. The summed E-state index contributed by atoms with van der Waals surface area (Å²) >= 11 is 0. The van der Waals surface area contributed by atoms with Crippen molar-refractivity contribution in [3.8, 4) is 0 Å². The minimum absolute atomic E-state index is 0.0335. The number of nitrogens with zero attached hydrogens (tertiary/aromatic N) is 1. The lowest BCUT2D eigenvalue weighted by atomic mass is 9.73. The van der Waals surface area contributed by atoms with Crippen molar-refractivity contribution in [1.82, 2.24) is 10.2 Å². The molecule has 1 spiro atoms. The van der Waals surface area contributed by atoms with Crippen LogP contribution in [0, 0.1) is 11.3 Å². The van der Waals surface area contributed by atoms with Crippen LogP contribution in [0.4, 0.5) is 4.79 Å². The van der Waals surface area contributed by atoms with Crippen molar-refractivity contribution < 1.29 is 23.9 Å². The molecule has 24 heavy (non-hydrogen) atoms. The highest BCUT2D eigenvalue weighted by atomic mass is 16.5. The van der Waals surface area contributed by atoms with Crippen LogP contribution in [-0.2, 0) is 19.1 Å². The van der Waals surface area contributed by atoms with Crippen molar-refractivity contribution in [1.29, 1.82) is 0 Å². The molecule has 1 N–H and O–H groups in total. The maximum atomic E-state index is 12.7. The predicted octanol–water partition coefficient (Wildman–Crippen LogP) is 1.65. The first-order valence-electron chi connectivity index (χ1n) is 8.41. The van der Waals surface area contributed by atoms with Gasteiger partial charge in [-0.25, -0.2) is 4.79 Å². The molecule has 2 atom stereocenters. The van der Waals surface area contributed by atoms with Crippen LogP contribution in [0.3, 0.4) is 0 Å². The maximum Gasteiger partial charge on any atom is 0.326 e. The first kappa shape index (κ1) is 18.4. The summed E-state index contributed by atoms with van der Waals surface area (Å²) in [6, 6.07) is -0.562. The number of Topliss-reactive ketones (excluding diaryl/α,β-unsaturated/α-hetero) is 1. The molecule has 1 saturated carbocycles. The van der Waals surface area contributed by atoms with E-state index in [1.54, 1.807) is 20.8 Å². The fourth-order valence-corrected chi connectivity index (χ4v) is 3.18. The van der Waals surface area contributed by atoms with E-state index in [1.165, 1.54) is 0 Å². The average molecular weight is 338 g/mol. The molecule has 134 valence electrons. The maximum absolute atomic E-state index is 12.7. The van der Waals surface area contributed by atoms with Gasteiger partial charge in [-0.15, -0.1) is 0 Å².